The monoisotopic (exact) mass is 218 g/mol. The Labute approximate surface area is 96.1 Å². The van der Waals surface area contributed by atoms with E-state index in [9.17, 15) is 0 Å². The van der Waals surface area contributed by atoms with Crippen LogP contribution in [0.4, 0.5) is 5.95 Å². The maximum absolute atomic E-state index is 4.53. The van der Waals surface area contributed by atoms with Crippen LogP contribution in [-0.2, 0) is 0 Å². The van der Waals surface area contributed by atoms with E-state index in [-0.39, 0.29) is 0 Å². The molecule has 1 aromatic heterocycles. The van der Waals surface area contributed by atoms with Crippen LogP contribution in [0.15, 0.2) is 6.07 Å². The lowest BCUT2D eigenvalue weighted by molar-refractivity contribution is 0.225. The third-order valence-electron chi connectivity index (χ3n) is 3.65. The Hall–Kier alpha value is -1.16. The van der Waals surface area contributed by atoms with Crippen molar-refractivity contribution < 1.29 is 0 Å². The zero-order valence-electron chi connectivity index (χ0n) is 9.90. The van der Waals surface area contributed by atoms with Gasteiger partial charge in [0.2, 0.25) is 5.95 Å². The number of anilines is 1. The molecule has 86 valence electrons. The molecule has 0 bridgehead atoms. The van der Waals surface area contributed by atoms with Gasteiger partial charge in [0, 0.05) is 30.5 Å². The highest BCUT2D eigenvalue weighted by Gasteiger charge is 2.41. The molecule has 2 aliphatic rings. The molecule has 2 saturated heterocycles. The van der Waals surface area contributed by atoms with Crippen LogP contribution in [-0.4, -0.2) is 35.6 Å². The van der Waals surface area contributed by atoms with E-state index in [0.717, 1.165) is 36.3 Å². The van der Waals surface area contributed by atoms with Crippen molar-refractivity contribution in [3.05, 3.63) is 17.5 Å². The lowest BCUT2D eigenvalue weighted by Crippen LogP contribution is -2.64. The average molecular weight is 218 g/mol. The van der Waals surface area contributed by atoms with Gasteiger partial charge in [0.05, 0.1) is 0 Å². The molecule has 16 heavy (non-hydrogen) atoms. The fraction of sp³-hybridized carbons (Fsp3) is 0.667. The van der Waals surface area contributed by atoms with Crippen LogP contribution in [0.2, 0.25) is 0 Å². The van der Waals surface area contributed by atoms with Gasteiger partial charge in [-0.15, -0.1) is 0 Å². The lowest BCUT2D eigenvalue weighted by atomic mass is 9.83. The second-order valence-corrected chi connectivity index (χ2v) is 4.92. The van der Waals surface area contributed by atoms with Gasteiger partial charge in [-0.25, -0.2) is 9.97 Å². The Bertz CT molecular complexity index is 384. The molecule has 0 saturated carbocycles. The summed E-state index contributed by atoms with van der Waals surface area (Å²) in [5.74, 6) is 1.77. The summed E-state index contributed by atoms with van der Waals surface area (Å²) in [5, 5.41) is 3.45. The summed E-state index contributed by atoms with van der Waals surface area (Å²) in [6.07, 6.45) is 1.30. The molecule has 4 heteroatoms. The van der Waals surface area contributed by atoms with Crippen molar-refractivity contribution in [1.29, 1.82) is 0 Å². The second-order valence-electron chi connectivity index (χ2n) is 4.92. The molecular weight excluding hydrogens is 200 g/mol. The molecule has 4 nitrogen and oxygen atoms in total. The van der Waals surface area contributed by atoms with E-state index in [0.29, 0.717) is 6.04 Å². The third-order valence-corrected chi connectivity index (χ3v) is 3.65. The van der Waals surface area contributed by atoms with Gasteiger partial charge in [-0.1, -0.05) is 0 Å². The number of nitrogens with one attached hydrogen (secondary N) is 1. The molecule has 0 amide bonds. The molecule has 0 unspecified atom stereocenters. The van der Waals surface area contributed by atoms with Gasteiger partial charge in [-0.3, -0.25) is 0 Å². The number of hydrogen-bond acceptors (Lipinski definition) is 4. The average Bonchev–Trinajstić information content (AvgIpc) is 2.18. The van der Waals surface area contributed by atoms with Crippen molar-refractivity contribution >= 4 is 5.95 Å². The minimum Gasteiger partial charge on any atom is -0.336 e. The smallest absolute Gasteiger partial charge is 0.226 e. The third kappa shape index (κ3) is 1.57. The van der Waals surface area contributed by atoms with Gasteiger partial charge in [0.1, 0.15) is 0 Å². The normalized spacial score (nSPS) is 28.5. The number of piperidine rings is 1. The molecule has 3 rings (SSSR count). The van der Waals surface area contributed by atoms with Crippen molar-refractivity contribution in [2.75, 3.05) is 24.5 Å². The fourth-order valence-electron chi connectivity index (χ4n) is 2.79. The first-order valence-corrected chi connectivity index (χ1v) is 6.03. The maximum atomic E-state index is 4.53. The topological polar surface area (TPSA) is 41.1 Å². The van der Waals surface area contributed by atoms with E-state index >= 15 is 0 Å². The van der Waals surface area contributed by atoms with Gasteiger partial charge < -0.3 is 10.2 Å². The number of fused-ring (bicyclic) bond motifs is 1. The van der Waals surface area contributed by atoms with Gasteiger partial charge in [0.15, 0.2) is 0 Å². The van der Waals surface area contributed by atoms with Crippen LogP contribution in [0, 0.1) is 19.8 Å². The summed E-state index contributed by atoms with van der Waals surface area (Å²) >= 11 is 0. The minimum atomic E-state index is 0.620. The van der Waals surface area contributed by atoms with Crippen molar-refractivity contribution in [2.45, 2.75) is 26.3 Å². The highest BCUT2D eigenvalue weighted by molar-refractivity contribution is 5.39. The standard InChI is InChI=1S/C12H18N4/c1-8-5-9(2)15-12(14-8)16-7-10-3-4-13-6-11(10)16/h5,10-11,13H,3-4,6-7H2,1-2H3/t10-,11-/m1/s1. The summed E-state index contributed by atoms with van der Waals surface area (Å²) in [5.41, 5.74) is 2.13. The van der Waals surface area contributed by atoms with Crippen molar-refractivity contribution in [3.63, 3.8) is 0 Å². The summed E-state index contributed by atoms with van der Waals surface area (Å²) < 4.78 is 0. The molecule has 2 aliphatic heterocycles. The van der Waals surface area contributed by atoms with Crippen molar-refractivity contribution in [3.8, 4) is 0 Å². The second kappa shape index (κ2) is 3.70. The summed E-state index contributed by atoms with van der Waals surface area (Å²) in [6, 6.07) is 2.65. The van der Waals surface area contributed by atoms with E-state index in [2.05, 4.69) is 20.2 Å². The fourth-order valence-corrected chi connectivity index (χ4v) is 2.79. The molecule has 0 radical (unpaired) electrons. The highest BCUT2D eigenvalue weighted by Crippen LogP contribution is 2.32. The van der Waals surface area contributed by atoms with Crippen molar-refractivity contribution in [2.24, 2.45) is 5.92 Å². The van der Waals surface area contributed by atoms with Crippen LogP contribution >= 0.6 is 0 Å². The molecule has 1 N–H and O–H groups in total. The Kier molecular flexibility index (Phi) is 2.32. The largest absolute Gasteiger partial charge is 0.336 e. The summed E-state index contributed by atoms with van der Waals surface area (Å²) in [6.45, 7) is 7.46. The van der Waals surface area contributed by atoms with Crippen LogP contribution in [0.3, 0.4) is 0 Å². The SMILES string of the molecule is Cc1cc(C)nc(N2C[C@H]3CCNC[C@H]32)n1. The first-order valence-electron chi connectivity index (χ1n) is 6.03. The molecule has 0 spiro atoms. The first-order chi connectivity index (χ1) is 7.74. The van der Waals surface area contributed by atoms with E-state index in [1.807, 2.05) is 19.9 Å². The van der Waals surface area contributed by atoms with Crippen LogP contribution < -0.4 is 10.2 Å². The minimum absolute atomic E-state index is 0.620. The molecule has 0 aliphatic carbocycles. The van der Waals surface area contributed by atoms with Crippen molar-refractivity contribution in [1.82, 2.24) is 15.3 Å². The summed E-state index contributed by atoms with van der Waals surface area (Å²) in [7, 11) is 0. The van der Waals surface area contributed by atoms with Crippen LogP contribution in [0.25, 0.3) is 0 Å². The predicted octanol–water partition coefficient (Wildman–Crippen LogP) is 0.892. The van der Waals surface area contributed by atoms with E-state index in [1.54, 1.807) is 0 Å². The predicted molar refractivity (Wildman–Crippen MR) is 63.6 cm³/mol. The summed E-state index contributed by atoms with van der Waals surface area (Å²) in [4.78, 5) is 11.4. The van der Waals surface area contributed by atoms with Gasteiger partial charge in [-0.2, -0.15) is 0 Å². The molecule has 0 aromatic carbocycles. The van der Waals surface area contributed by atoms with E-state index in [4.69, 9.17) is 0 Å². The maximum Gasteiger partial charge on any atom is 0.226 e. The quantitative estimate of drug-likeness (QED) is 0.760. The molecule has 3 heterocycles. The van der Waals surface area contributed by atoms with Crippen LogP contribution in [0.5, 0.6) is 0 Å². The zero-order chi connectivity index (χ0) is 11.1. The zero-order valence-corrected chi connectivity index (χ0v) is 9.90. The van der Waals surface area contributed by atoms with Gasteiger partial charge >= 0.3 is 0 Å². The van der Waals surface area contributed by atoms with Gasteiger partial charge in [0.25, 0.3) is 0 Å². The number of hydrogen-bond donors (Lipinski definition) is 1. The Balaban J connectivity index is 1.82. The Morgan fingerprint density at radius 3 is 2.75 bits per heavy atom. The van der Waals surface area contributed by atoms with E-state index < -0.39 is 0 Å². The Morgan fingerprint density at radius 2 is 2.06 bits per heavy atom. The molecular formula is C12H18N4. The molecule has 2 fully saturated rings. The number of aromatic nitrogens is 2. The van der Waals surface area contributed by atoms with Crippen LogP contribution in [0.1, 0.15) is 17.8 Å². The Morgan fingerprint density at radius 1 is 1.31 bits per heavy atom. The number of nitrogens with zero attached hydrogens (tertiary/aromatic N) is 3. The highest BCUT2D eigenvalue weighted by atomic mass is 15.3. The molecule has 1 aromatic rings. The first kappa shape index (κ1) is 10.0. The number of rotatable bonds is 1. The number of aryl methyl sites for hydroxylation is 2. The van der Waals surface area contributed by atoms with E-state index in [1.165, 1.54) is 13.0 Å². The lowest BCUT2D eigenvalue weighted by Gasteiger charge is -2.51. The van der Waals surface area contributed by atoms with Gasteiger partial charge in [-0.05, 0) is 38.8 Å². The molecule has 2 atom stereocenters.